The zero-order valence-corrected chi connectivity index (χ0v) is 19.8. The van der Waals surface area contributed by atoms with E-state index >= 15 is 0 Å². The Kier molecular flexibility index (Phi) is 4.19. The Bertz CT molecular complexity index is 1100. The van der Waals surface area contributed by atoms with Gasteiger partial charge in [-0.15, -0.1) is 0 Å². The van der Waals surface area contributed by atoms with Crippen LogP contribution in [0.25, 0.3) is 0 Å². The molecular formula is C27H32O6. The molecule has 3 heterocycles. The number of carbonyl (C=O) groups excluding carboxylic acids is 1. The summed E-state index contributed by atoms with van der Waals surface area (Å²) in [6.07, 6.45) is 7.33. The molecule has 2 aliphatic heterocycles. The molecule has 0 spiro atoms. The fourth-order valence-electron chi connectivity index (χ4n) is 8.97. The van der Waals surface area contributed by atoms with E-state index in [1.807, 2.05) is 19.1 Å². The second kappa shape index (κ2) is 6.48. The molecule has 33 heavy (non-hydrogen) atoms. The van der Waals surface area contributed by atoms with Gasteiger partial charge in [-0.05, 0) is 42.5 Å². The Morgan fingerprint density at radius 3 is 2.67 bits per heavy atom. The highest BCUT2D eigenvalue weighted by Gasteiger charge is 2.76. The van der Waals surface area contributed by atoms with Gasteiger partial charge in [-0.25, -0.2) is 0 Å². The number of ketones is 1. The molecule has 10 unspecified atom stereocenters. The number of fused-ring (bicyclic) bond motifs is 4. The third-order valence-electron chi connectivity index (χ3n) is 10.0. The molecule has 6 nitrogen and oxygen atoms in total. The van der Waals surface area contributed by atoms with Crippen LogP contribution in [0.3, 0.4) is 0 Å². The molecule has 1 aromatic rings. The van der Waals surface area contributed by atoms with Crippen LogP contribution in [0.1, 0.15) is 52.5 Å². The van der Waals surface area contributed by atoms with E-state index in [1.165, 1.54) is 11.1 Å². The molecule has 6 rings (SSSR count). The standard InChI is InChI=1S/C27H32O6/c1-13-16(15-7-9-31-11-15)10-17-19(13)27(5)21(14(2)24(29)30)26(4)18(28)6-8-25(3)12-32-20(22(25)26)23(27)33-17/h6-9,11,14,16-17,20-23H,10,12H2,1-5H3,(H,29,30). The van der Waals surface area contributed by atoms with Crippen molar-refractivity contribution in [1.29, 1.82) is 0 Å². The smallest absolute Gasteiger partial charge is 0.306 e. The van der Waals surface area contributed by atoms with E-state index in [-0.39, 0.29) is 41.3 Å². The Morgan fingerprint density at radius 2 is 2.00 bits per heavy atom. The number of aliphatic carboxylic acids is 1. The monoisotopic (exact) mass is 452 g/mol. The summed E-state index contributed by atoms with van der Waals surface area (Å²) in [7, 11) is 0. The molecule has 0 aromatic carbocycles. The first-order valence-electron chi connectivity index (χ1n) is 12.0. The summed E-state index contributed by atoms with van der Waals surface area (Å²) in [6, 6.07) is 1.99. The number of rotatable bonds is 3. The third kappa shape index (κ3) is 2.36. The van der Waals surface area contributed by atoms with Crippen molar-refractivity contribution in [3.63, 3.8) is 0 Å². The van der Waals surface area contributed by atoms with Gasteiger partial charge in [-0.2, -0.15) is 0 Å². The molecule has 1 N–H and O–H groups in total. The lowest BCUT2D eigenvalue weighted by Gasteiger charge is -2.61. The van der Waals surface area contributed by atoms with Gasteiger partial charge in [0.1, 0.15) is 0 Å². The number of carboxylic acid groups (broad SMARTS) is 1. The normalized spacial score (nSPS) is 48.6. The Labute approximate surface area is 194 Å². The minimum Gasteiger partial charge on any atom is -0.481 e. The molecule has 0 radical (unpaired) electrons. The van der Waals surface area contributed by atoms with Crippen LogP contribution in [0.4, 0.5) is 0 Å². The van der Waals surface area contributed by atoms with E-state index in [4.69, 9.17) is 13.9 Å². The molecule has 1 aromatic heterocycles. The van der Waals surface area contributed by atoms with E-state index in [0.29, 0.717) is 6.61 Å². The van der Waals surface area contributed by atoms with Crippen molar-refractivity contribution in [2.75, 3.05) is 6.61 Å². The van der Waals surface area contributed by atoms with Crippen LogP contribution < -0.4 is 0 Å². The number of carboxylic acids is 1. The van der Waals surface area contributed by atoms with Gasteiger partial charge in [0.05, 0.1) is 43.4 Å². The van der Waals surface area contributed by atoms with Crippen molar-refractivity contribution in [2.24, 2.45) is 34.0 Å². The van der Waals surface area contributed by atoms with Gasteiger partial charge in [0.15, 0.2) is 5.78 Å². The SMILES string of the molecule is CC1=C2C(CC1c1ccoc1)OC1C3OCC4(C)C=CC(=O)C(C)(C34)C(C(C)C(=O)O)C21C. The van der Waals surface area contributed by atoms with Crippen molar-refractivity contribution in [2.45, 2.75) is 65.3 Å². The molecule has 0 amide bonds. The molecular weight excluding hydrogens is 420 g/mol. The minimum atomic E-state index is -0.867. The zero-order valence-electron chi connectivity index (χ0n) is 19.8. The number of furan rings is 1. The van der Waals surface area contributed by atoms with Gasteiger partial charge < -0.3 is 19.0 Å². The summed E-state index contributed by atoms with van der Waals surface area (Å²) < 4.78 is 18.6. The van der Waals surface area contributed by atoms with Crippen LogP contribution in [0.2, 0.25) is 0 Å². The lowest BCUT2D eigenvalue weighted by Crippen LogP contribution is -2.67. The second-order valence-electron chi connectivity index (χ2n) is 11.6. The van der Waals surface area contributed by atoms with Gasteiger partial charge >= 0.3 is 5.97 Å². The maximum Gasteiger partial charge on any atom is 0.306 e. The van der Waals surface area contributed by atoms with Crippen LogP contribution in [-0.2, 0) is 19.1 Å². The van der Waals surface area contributed by atoms with E-state index in [1.54, 1.807) is 25.5 Å². The number of carbonyl (C=O) groups is 2. The maximum absolute atomic E-state index is 13.7. The van der Waals surface area contributed by atoms with Crippen molar-refractivity contribution in [1.82, 2.24) is 0 Å². The highest BCUT2D eigenvalue weighted by atomic mass is 16.6. The summed E-state index contributed by atoms with van der Waals surface area (Å²) >= 11 is 0. The molecule has 10 atom stereocenters. The van der Waals surface area contributed by atoms with Gasteiger partial charge in [0.2, 0.25) is 0 Å². The van der Waals surface area contributed by atoms with Crippen molar-refractivity contribution < 1.29 is 28.6 Å². The zero-order chi connectivity index (χ0) is 23.5. The van der Waals surface area contributed by atoms with Gasteiger partial charge in [-0.1, -0.05) is 39.3 Å². The van der Waals surface area contributed by atoms with E-state index in [2.05, 4.69) is 20.8 Å². The van der Waals surface area contributed by atoms with Crippen molar-refractivity contribution >= 4 is 11.8 Å². The van der Waals surface area contributed by atoms with Crippen LogP contribution in [0.5, 0.6) is 0 Å². The average Bonchev–Trinajstić information content (AvgIpc) is 3.50. The lowest BCUT2D eigenvalue weighted by molar-refractivity contribution is -0.196. The van der Waals surface area contributed by atoms with Crippen LogP contribution in [0, 0.1) is 34.0 Å². The highest BCUT2D eigenvalue weighted by Crippen LogP contribution is 2.72. The number of hydrogen-bond acceptors (Lipinski definition) is 5. The third-order valence-corrected chi connectivity index (χ3v) is 10.0. The Balaban J connectivity index is 1.59. The fraction of sp³-hybridized carbons (Fsp3) is 0.630. The number of ether oxygens (including phenoxy) is 2. The van der Waals surface area contributed by atoms with Crippen molar-refractivity contribution in [3.8, 4) is 0 Å². The summed E-state index contributed by atoms with van der Waals surface area (Å²) in [5, 5.41) is 10.3. The molecule has 6 heteroatoms. The predicted octanol–water partition coefficient (Wildman–Crippen LogP) is 4.37. The lowest BCUT2D eigenvalue weighted by atomic mass is 9.40. The first kappa shape index (κ1) is 21.4. The predicted molar refractivity (Wildman–Crippen MR) is 119 cm³/mol. The molecule has 3 fully saturated rings. The first-order chi connectivity index (χ1) is 15.5. The van der Waals surface area contributed by atoms with Crippen LogP contribution in [0.15, 0.2) is 46.3 Å². The first-order valence-corrected chi connectivity index (χ1v) is 12.0. The largest absolute Gasteiger partial charge is 0.481 e. The topological polar surface area (TPSA) is 86.0 Å². The van der Waals surface area contributed by atoms with Crippen molar-refractivity contribution in [3.05, 3.63) is 47.5 Å². The molecule has 176 valence electrons. The molecule has 5 aliphatic rings. The highest BCUT2D eigenvalue weighted by molar-refractivity contribution is 5.97. The Hall–Kier alpha value is -2.18. The van der Waals surface area contributed by atoms with E-state index < -0.39 is 28.6 Å². The average molecular weight is 453 g/mol. The summed E-state index contributed by atoms with van der Waals surface area (Å²) in [6.45, 7) is 10.7. The van der Waals surface area contributed by atoms with Gasteiger partial charge in [0, 0.05) is 28.1 Å². The Morgan fingerprint density at radius 1 is 1.24 bits per heavy atom. The number of hydrogen-bond donors (Lipinski definition) is 1. The maximum atomic E-state index is 13.7. The summed E-state index contributed by atoms with van der Waals surface area (Å²) in [5.41, 5.74) is 1.73. The van der Waals surface area contributed by atoms with E-state index in [9.17, 15) is 14.7 Å². The van der Waals surface area contributed by atoms with Gasteiger partial charge in [-0.3, -0.25) is 9.59 Å². The van der Waals surface area contributed by atoms with E-state index in [0.717, 1.165) is 12.0 Å². The molecule has 1 saturated carbocycles. The van der Waals surface area contributed by atoms with Gasteiger partial charge in [0.25, 0.3) is 0 Å². The van der Waals surface area contributed by atoms with Crippen LogP contribution >= 0.6 is 0 Å². The second-order valence-corrected chi connectivity index (χ2v) is 11.6. The molecule has 0 bridgehead atoms. The quantitative estimate of drug-likeness (QED) is 0.686. The molecule has 3 aliphatic carbocycles. The fourth-order valence-corrected chi connectivity index (χ4v) is 8.97. The number of allylic oxidation sites excluding steroid dienone is 2. The molecule has 2 saturated heterocycles. The minimum absolute atomic E-state index is 0.0179. The van der Waals surface area contributed by atoms with Crippen LogP contribution in [-0.4, -0.2) is 41.8 Å². The summed E-state index contributed by atoms with van der Waals surface area (Å²) in [5.74, 6) is -1.91. The summed E-state index contributed by atoms with van der Waals surface area (Å²) in [4.78, 5) is 26.2.